The van der Waals surface area contributed by atoms with E-state index in [0.717, 1.165) is 22.0 Å². The molecule has 2 aromatic rings. The van der Waals surface area contributed by atoms with E-state index in [0.29, 0.717) is 18.4 Å². The summed E-state index contributed by atoms with van der Waals surface area (Å²) in [4.78, 5) is 25.9. The highest BCUT2D eigenvalue weighted by molar-refractivity contribution is 9.10. The molecule has 0 bridgehead atoms. The molecule has 10 heteroatoms. The van der Waals surface area contributed by atoms with Gasteiger partial charge in [0.15, 0.2) is 10.8 Å². The highest BCUT2D eigenvalue weighted by Gasteiger charge is 2.37. The minimum absolute atomic E-state index is 0.0166. The minimum atomic E-state index is -4.09. The minimum Gasteiger partial charge on any atom is -0.322 e. The van der Waals surface area contributed by atoms with Gasteiger partial charge in [-0.3, -0.25) is 14.3 Å². The van der Waals surface area contributed by atoms with Gasteiger partial charge in [0.05, 0.1) is 11.9 Å². The molecule has 1 aliphatic carbocycles. The number of nitrogens with zero attached hydrogens (tertiary/aromatic N) is 2. The van der Waals surface area contributed by atoms with Crippen molar-refractivity contribution in [3.63, 3.8) is 0 Å². The van der Waals surface area contributed by atoms with E-state index in [2.05, 4.69) is 26.3 Å². The first-order valence-electron chi connectivity index (χ1n) is 8.76. The molecule has 1 heterocycles. The lowest BCUT2D eigenvalue weighted by atomic mass is 9.75. The summed E-state index contributed by atoms with van der Waals surface area (Å²) in [5.41, 5.74) is 0.571. The second-order valence-electron chi connectivity index (χ2n) is 6.78. The van der Waals surface area contributed by atoms with E-state index >= 15 is 0 Å². The number of halogens is 2. The summed E-state index contributed by atoms with van der Waals surface area (Å²) >= 11 is 3.34. The fraction of sp³-hybridized carbons (Fsp3) is 0.389. The van der Waals surface area contributed by atoms with Crippen LogP contribution in [0.15, 0.2) is 40.0 Å². The van der Waals surface area contributed by atoms with E-state index in [1.807, 2.05) is 0 Å². The number of benzene rings is 1. The average Bonchev–Trinajstić information content (AvgIpc) is 3.02. The third kappa shape index (κ3) is 4.47. The molecule has 7 nitrogen and oxygen atoms in total. The molecule has 0 unspecified atom stereocenters. The van der Waals surface area contributed by atoms with Crippen LogP contribution in [0.25, 0.3) is 0 Å². The van der Waals surface area contributed by atoms with Crippen molar-refractivity contribution in [3.05, 3.63) is 40.5 Å². The number of amides is 1. The molecule has 1 amide bonds. The number of aromatic nitrogens is 2. The van der Waals surface area contributed by atoms with Crippen LogP contribution in [-0.4, -0.2) is 29.9 Å². The molecule has 0 saturated heterocycles. The van der Waals surface area contributed by atoms with Gasteiger partial charge in [-0.2, -0.15) is 5.10 Å². The van der Waals surface area contributed by atoms with E-state index < -0.39 is 26.8 Å². The number of hydrogen-bond acceptors (Lipinski definition) is 5. The summed E-state index contributed by atoms with van der Waals surface area (Å²) in [5.74, 6) is -1.48. The van der Waals surface area contributed by atoms with Crippen molar-refractivity contribution in [2.75, 3.05) is 5.32 Å². The molecule has 3 rings (SSSR count). The van der Waals surface area contributed by atoms with Gasteiger partial charge in [0.1, 0.15) is 0 Å². The van der Waals surface area contributed by atoms with Crippen molar-refractivity contribution < 1.29 is 18.0 Å². The Bertz CT molecular complexity index is 1000. The smallest absolute Gasteiger partial charge is 0.280 e. The van der Waals surface area contributed by atoms with Crippen LogP contribution < -0.4 is 5.32 Å². The molecular formula is C18H19BrClN3O4S. The summed E-state index contributed by atoms with van der Waals surface area (Å²) in [6.07, 6.45) is 4.10. The Morgan fingerprint density at radius 2 is 1.79 bits per heavy atom. The van der Waals surface area contributed by atoms with Gasteiger partial charge in [0.2, 0.25) is 5.91 Å². The largest absolute Gasteiger partial charge is 0.322 e. The number of Topliss-reactive ketones (excluding diaryl/α,β-unsaturated/α-hetero) is 1. The molecule has 28 heavy (non-hydrogen) atoms. The molecule has 1 saturated carbocycles. The average molecular weight is 489 g/mol. The van der Waals surface area contributed by atoms with Crippen LogP contribution in [0.5, 0.6) is 0 Å². The van der Waals surface area contributed by atoms with Crippen molar-refractivity contribution in [1.82, 2.24) is 9.78 Å². The number of ketones is 1. The van der Waals surface area contributed by atoms with Gasteiger partial charge in [-0.1, -0.05) is 40.9 Å². The number of nitrogens with one attached hydrogen (secondary N) is 1. The Kier molecular flexibility index (Phi) is 6.26. The number of anilines is 1. The predicted molar refractivity (Wildman–Crippen MR) is 109 cm³/mol. The Labute approximate surface area is 176 Å². The van der Waals surface area contributed by atoms with Crippen molar-refractivity contribution >= 4 is 53.0 Å². The third-order valence-electron chi connectivity index (χ3n) is 4.94. The van der Waals surface area contributed by atoms with Gasteiger partial charge in [0, 0.05) is 39.6 Å². The summed E-state index contributed by atoms with van der Waals surface area (Å²) in [5, 5.41) is 6.18. The van der Waals surface area contributed by atoms with Gasteiger partial charge in [-0.15, -0.1) is 0 Å². The molecule has 2 atom stereocenters. The molecule has 1 aromatic carbocycles. The van der Waals surface area contributed by atoms with E-state index in [9.17, 15) is 18.0 Å². The maximum absolute atomic E-state index is 13.0. The summed E-state index contributed by atoms with van der Waals surface area (Å²) in [7, 11) is 2.79. The first kappa shape index (κ1) is 21.0. The fourth-order valence-electron chi connectivity index (χ4n) is 3.61. The van der Waals surface area contributed by atoms with E-state index in [-0.39, 0.29) is 16.5 Å². The Morgan fingerprint density at radius 3 is 2.39 bits per heavy atom. The van der Waals surface area contributed by atoms with E-state index in [4.69, 9.17) is 10.7 Å². The highest BCUT2D eigenvalue weighted by Crippen LogP contribution is 2.34. The molecule has 0 spiro atoms. The molecule has 0 radical (unpaired) electrons. The SMILES string of the molecule is Cn1ncc(NC(=O)[C@@H]2CCCC[C@H]2C(=O)c2ccc(Br)cc2)c1S(=O)(=O)Cl. The Hall–Kier alpha value is -1.71. The number of hydrogen-bond donors (Lipinski definition) is 1. The standard InChI is InChI=1S/C18H19BrClN3O4S/c1-23-18(28(20,26)27)15(10-21-23)22-17(25)14-5-3-2-4-13(14)16(24)11-6-8-12(19)9-7-11/h6-10,13-14H,2-5H2,1H3,(H,22,25)/t13-,14-/m1/s1. The van der Waals surface area contributed by atoms with Gasteiger partial charge in [0.25, 0.3) is 9.05 Å². The lowest BCUT2D eigenvalue weighted by molar-refractivity contribution is -0.122. The maximum atomic E-state index is 13.0. The molecule has 0 aliphatic heterocycles. The molecule has 150 valence electrons. The zero-order valence-corrected chi connectivity index (χ0v) is 18.2. The quantitative estimate of drug-likeness (QED) is 0.511. The highest BCUT2D eigenvalue weighted by atomic mass is 79.9. The van der Waals surface area contributed by atoms with Gasteiger partial charge in [-0.05, 0) is 25.0 Å². The molecule has 1 N–H and O–H groups in total. The van der Waals surface area contributed by atoms with Crippen LogP contribution in [0.4, 0.5) is 5.69 Å². The van der Waals surface area contributed by atoms with Crippen LogP contribution in [0.2, 0.25) is 0 Å². The van der Waals surface area contributed by atoms with Gasteiger partial charge < -0.3 is 5.32 Å². The first-order chi connectivity index (χ1) is 13.2. The second-order valence-corrected chi connectivity index (χ2v) is 10.2. The lowest BCUT2D eigenvalue weighted by Crippen LogP contribution is -2.36. The summed E-state index contributed by atoms with van der Waals surface area (Å²) < 4.78 is 25.5. The molecule has 1 aromatic heterocycles. The van der Waals surface area contributed by atoms with Crippen molar-refractivity contribution in [3.8, 4) is 0 Å². The van der Waals surface area contributed by atoms with Crippen LogP contribution >= 0.6 is 26.6 Å². The van der Waals surface area contributed by atoms with E-state index in [1.165, 1.54) is 13.2 Å². The fourth-order valence-corrected chi connectivity index (χ4v) is 5.16. The van der Waals surface area contributed by atoms with Crippen molar-refractivity contribution in [1.29, 1.82) is 0 Å². The van der Waals surface area contributed by atoms with Gasteiger partial charge in [-0.25, -0.2) is 8.42 Å². The monoisotopic (exact) mass is 487 g/mol. The normalized spacial score (nSPS) is 20.0. The maximum Gasteiger partial charge on any atom is 0.280 e. The van der Waals surface area contributed by atoms with E-state index in [1.54, 1.807) is 24.3 Å². The van der Waals surface area contributed by atoms with Gasteiger partial charge >= 0.3 is 0 Å². The summed E-state index contributed by atoms with van der Waals surface area (Å²) in [6.45, 7) is 0. The number of rotatable bonds is 5. The number of carbonyl (C=O) groups is 2. The second kappa shape index (κ2) is 8.34. The Balaban J connectivity index is 1.84. The Morgan fingerprint density at radius 1 is 1.18 bits per heavy atom. The van der Waals surface area contributed by atoms with Crippen LogP contribution in [0.3, 0.4) is 0 Å². The summed E-state index contributed by atoms with van der Waals surface area (Å²) in [6, 6.07) is 7.04. The van der Waals surface area contributed by atoms with Crippen molar-refractivity contribution in [2.45, 2.75) is 30.7 Å². The molecule has 1 aliphatic rings. The third-order valence-corrected chi connectivity index (χ3v) is 6.85. The molecular weight excluding hydrogens is 470 g/mol. The number of carbonyl (C=O) groups excluding carboxylic acids is 2. The predicted octanol–water partition coefficient (Wildman–Crippen LogP) is 3.74. The lowest BCUT2D eigenvalue weighted by Gasteiger charge is -2.29. The first-order valence-corrected chi connectivity index (χ1v) is 11.9. The zero-order chi connectivity index (χ0) is 20.5. The number of aryl methyl sites for hydroxylation is 1. The van der Waals surface area contributed by atoms with Crippen LogP contribution in [0.1, 0.15) is 36.0 Å². The van der Waals surface area contributed by atoms with Crippen LogP contribution in [-0.2, 0) is 20.9 Å². The zero-order valence-electron chi connectivity index (χ0n) is 15.1. The topological polar surface area (TPSA) is 98.1 Å². The van der Waals surface area contributed by atoms with Crippen LogP contribution in [0, 0.1) is 11.8 Å². The molecule has 1 fully saturated rings. The van der Waals surface area contributed by atoms with Crippen molar-refractivity contribution in [2.24, 2.45) is 18.9 Å².